The number of allylic oxidation sites excluding steroid dienone is 1. The smallest absolute Gasteiger partial charge is 0.224 e. The molecule has 0 aliphatic heterocycles. The zero-order chi connectivity index (χ0) is 24.2. The summed E-state index contributed by atoms with van der Waals surface area (Å²) in [5.41, 5.74) is -1.25. The lowest BCUT2D eigenvalue weighted by Crippen LogP contribution is -2.56. The Labute approximate surface area is 208 Å². The molecule has 4 rings (SSSR count). The third-order valence-electron chi connectivity index (χ3n) is 9.11. The normalized spacial score (nSPS) is 43.6. The maximum absolute atomic E-state index is 13.8. The molecule has 8 heteroatoms. The second kappa shape index (κ2) is 9.00. The van der Waals surface area contributed by atoms with E-state index in [4.69, 9.17) is 5.11 Å². The summed E-state index contributed by atoms with van der Waals surface area (Å²) in [4.78, 5) is 26.7. The molecule has 3 saturated carbocycles. The van der Waals surface area contributed by atoms with E-state index in [1.54, 1.807) is 35.6 Å². The van der Waals surface area contributed by atoms with Crippen molar-refractivity contribution in [1.29, 1.82) is 0 Å². The monoisotopic (exact) mass is 573 g/mol. The molecule has 0 aromatic heterocycles. The third kappa shape index (κ3) is 3.75. The summed E-state index contributed by atoms with van der Waals surface area (Å²) >= 11 is 1.69. The van der Waals surface area contributed by atoms with Crippen LogP contribution in [0.1, 0.15) is 58.3 Å². The van der Waals surface area contributed by atoms with Gasteiger partial charge in [0.2, 0.25) is 9.70 Å². The molecule has 0 saturated heterocycles. The van der Waals surface area contributed by atoms with E-state index in [1.807, 2.05) is 0 Å². The van der Waals surface area contributed by atoms with E-state index in [9.17, 15) is 24.9 Å². The van der Waals surface area contributed by atoms with Crippen LogP contribution in [0.15, 0.2) is 23.8 Å². The minimum atomic E-state index is -1.30. The summed E-state index contributed by atoms with van der Waals surface area (Å²) in [7, 11) is 0. The molecule has 0 aromatic carbocycles. The van der Waals surface area contributed by atoms with Crippen LogP contribution < -0.4 is 5.32 Å². The molecular formula is C25H36INO6. The number of nitrogens with one attached hydrogen (secondary N) is 1. The summed E-state index contributed by atoms with van der Waals surface area (Å²) in [6, 6.07) is 0. The molecule has 1 spiro atoms. The number of aliphatic hydroxyl groups is 4. The van der Waals surface area contributed by atoms with Crippen molar-refractivity contribution in [1.82, 2.24) is 5.32 Å². The van der Waals surface area contributed by atoms with Crippen molar-refractivity contribution in [2.75, 3.05) is 13.2 Å². The van der Waals surface area contributed by atoms with Crippen LogP contribution in [0.5, 0.6) is 0 Å². The van der Waals surface area contributed by atoms with Crippen LogP contribution in [0, 0.1) is 28.6 Å². The van der Waals surface area contributed by atoms with E-state index in [0.29, 0.717) is 32.2 Å². The SMILES string of the molecule is C=C1C[C@]23C[C@@]1(O)CC[C@H]2C1=C[C@@H](O)[C@H](O)[C@@](C)(C(=O)I)C1[C@@H]3C(=O)NCCCCCCO. The lowest BCUT2D eigenvalue weighted by molar-refractivity contribution is -0.145. The van der Waals surface area contributed by atoms with Gasteiger partial charge in [0.25, 0.3) is 0 Å². The Hall–Kier alpha value is -0.810. The molecule has 1 amide bonds. The highest BCUT2D eigenvalue weighted by atomic mass is 127. The Morgan fingerprint density at radius 2 is 1.94 bits per heavy atom. The number of aliphatic hydroxyl groups excluding tert-OH is 3. The second-order valence-electron chi connectivity index (χ2n) is 10.9. The van der Waals surface area contributed by atoms with Crippen LogP contribution in [0.25, 0.3) is 0 Å². The van der Waals surface area contributed by atoms with Crippen molar-refractivity contribution in [3.63, 3.8) is 0 Å². The summed E-state index contributed by atoms with van der Waals surface area (Å²) in [6.45, 7) is 6.49. The number of halogens is 1. The molecule has 0 aromatic rings. The van der Waals surface area contributed by atoms with E-state index in [-0.39, 0.29) is 22.2 Å². The number of hydrogen-bond acceptors (Lipinski definition) is 6. The maximum Gasteiger partial charge on any atom is 0.224 e. The van der Waals surface area contributed by atoms with Crippen LogP contribution in [0.2, 0.25) is 0 Å². The standard InChI is InChI=1S/C25H36INO6/c1-14-12-24-13-25(14,33)8-7-16(24)15-11-17(29)20(30)23(2,22(26)32)18(15)19(24)21(31)27-9-5-3-4-6-10-28/h11,16-20,28-30,33H,1,3-10,12-13H2,2H3,(H,27,31)/t16-,17+,18?,19+,20-,23-,24-,25-/m0/s1. The fourth-order valence-electron chi connectivity index (χ4n) is 7.45. The van der Waals surface area contributed by atoms with E-state index >= 15 is 0 Å². The Bertz CT molecular complexity index is 875. The van der Waals surface area contributed by atoms with Gasteiger partial charge in [-0.25, -0.2) is 0 Å². The third-order valence-corrected chi connectivity index (χ3v) is 10.3. The van der Waals surface area contributed by atoms with Crippen molar-refractivity contribution in [2.45, 2.75) is 76.1 Å². The van der Waals surface area contributed by atoms with E-state index in [1.165, 1.54) is 0 Å². The Morgan fingerprint density at radius 3 is 2.61 bits per heavy atom. The Balaban J connectivity index is 1.71. The molecule has 4 aliphatic rings. The topological polar surface area (TPSA) is 127 Å². The molecule has 7 nitrogen and oxygen atoms in total. The molecule has 184 valence electrons. The number of rotatable bonds is 8. The molecule has 33 heavy (non-hydrogen) atoms. The second-order valence-corrected chi connectivity index (χ2v) is 11.8. The van der Waals surface area contributed by atoms with Gasteiger partial charge in [0, 0.05) is 41.7 Å². The Morgan fingerprint density at radius 1 is 1.24 bits per heavy atom. The lowest BCUT2D eigenvalue weighted by atomic mass is 9.60. The predicted molar refractivity (Wildman–Crippen MR) is 131 cm³/mol. The maximum atomic E-state index is 13.8. The van der Waals surface area contributed by atoms with Gasteiger partial charge < -0.3 is 25.7 Å². The number of amides is 1. The summed E-state index contributed by atoms with van der Waals surface area (Å²) in [5, 5.41) is 44.9. The number of carbonyl (C=O) groups excluding carboxylic acids is 2. The van der Waals surface area contributed by atoms with Gasteiger partial charge in [-0.2, -0.15) is 0 Å². The summed E-state index contributed by atoms with van der Waals surface area (Å²) < 4.78 is -0.272. The van der Waals surface area contributed by atoms with Crippen molar-refractivity contribution < 1.29 is 30.0 Å². The molecule has 4 aliphatic carbocycles. The molecule has 5 N–H and O–H groups in total. The quantitative estimate of drug-likeness (QED) is 0.131. The highest BCUT2D eigenvalue weighted by molar-refractivity contribution is 14.1. The Kier molecular flexibility index (Phi) is 6.90. The van der Waals surface area contributed by atoms with Crippen molar-refractivity contribution >= 4 is 32.3 Å². The number of fused-ring (bicyclic) bond motifs is 3. The van der Waals surface area contributed by atoms with Crippen molar-refractivity contribution in [3.8, 4) is 0 Å². The fraction of sp³-hybridized carbons (Fsp3) is 0.760. The predicted octanol–water partition coefficient (Wildman–Crippen LogP) is 2.01. The van der Waals surface area contributed by atoms with Gasteiger partial charge in [0.05, 0.1) is 29.1 Å². The molecule has 0 heterocycles. The van der Waals surface area contributed by atoms with Crippen molar-refractivity contribution in [2.24, 2.45) is 28.6 Å². The lowest BCUT2D eigenvalue weighted by Gasteiger charge is -2.45. The first-order valence-electron chi connectivity index (χ1n) is 12.1. The van der Waals surface area contributed by atoms with Crippen LogP contribution in [0.4, 0.5) is 0 Å². The minimum Gasteiger partial charge on any atom is -0.396 e. The first kappa shape index (κ1) is 25.3. The van der Waals surface area contributed by atoms with Gasteiger partial charge in [0.1, 0.15) is 0 Å². The average molecular weight is 573 g/mol. The van der Waals surface area contributed by atoms with Crippen LogP contribution in [-0.2, 0) is 9.59 Å². The fourth-order valence-corrected chi connectivity index (χ4v) is 8.11. The van der Waals surface area contributed by atoms with Gasteiger partial charge in [-0.3, -0.25) is 9.59 Å². The van der Waals surface area contributed by atoms with Gasteiger partial charge >= 0.3 is 0 Å². The highest BCUT2D eigenvalue weighted by Crippen LogP contribution is 2.73. The average Bonchev–Trinajstić information content (AvgIpc) is 3.14. The van der Waals surface area contributed by atoms with Gasteiger partial charge in [-0.15, -0.1) is 0 Å². The number of hydrogen-bond donors (Lipinski definition) is 5. The molecule has 1 unspecified atom stereocenters. The number of unbranched alkanes of at least 4 members (excludes halogenated alkanes) is 3. The zero-order valence-electron chi connectivity index (χ0n) is 19.2. The van der Waals surface area contributed by atoms with E-state index in [0.717, 1.165) is 36.8 Å². The molecular weight excluding hydrogens is 537 g/mol. The zero-order valence-corrected chi connectivity index (χ0v) is 21.4. The van der Waals surface area contributed by atoms with Crippen LogP contribution >= 0.6 is 22.6 Å². The van der Waals surface area contributed by atoms with Crippen molar-refractivity contribution in [3.05, 3.63) is 23.8 Å². The largest absolute Gasteiger partial charge is 0.396 e. The first-order valence-corrected chi connectivity index (χ1v) is 13.2. The molecule has 8 atom stereocenters. The van der Waals surface area contributed by atoms with Gasteiger partial charge in [0.15, 0.2) is 0 Å². The molecule has 0 radical (unpaired) electrons. The summed E-state index contributed by atoms with van der Waals surface area (Å²) in [5.74, 6) is -1.32. The molecule has 3 fully saturated rings. The molecule has 2 bridgehead atoms. The first-order chi connectivity index (χ1) is 15.5. The minimum absolute atomic E-state index is 0.0421. The van der Waals surface area contributed by atoms with E-state index in [2.05, 4.69) is 11.9 Å². The number of carbonyl (C=O) groups is 2. The summed E-state index contributed by atoms with van der Waals surface area (Å²) in [6.07, 6.45) is 4.69. The van der Waals surface area contributed by atoms with Gasteiger partial charge in [-0.05, 0) is 62.4 Å². The van der Waals surface area contributed by atoms with Crippen LogP contribution in [0.3, 0.4) is 0 Å². The van der Waals surface area contributed by atoms with Gasteiger partial charge in [-0.1, -0.05) is 31.1 Å². The van der Waals surface area contributed by atoms with Crippen LogP contribution in [-0.4, -0.2) is 61.1 Å². The highest BCUT2D eigenvalue weighted by Gasteiger charge is 2.73. The van der Waals surface area contributed by atoms with E-state index < -0.39 is 40.5 Å².